The first kappa shape index (κ1) is 19.0. The number of hydrogen-bond acceptors (Lipinski definition) is 4. The summed E-state index contributed by atoms with van der Waals surface area (Å²) in [5.74, 6) is 1.80. The molecule has 6 heteroatoms. The number of benzene rings is 1. The standard InChI is InChI=1S/C20H33N5O/c1-15(2)26-19-11-16(3)5-6-17(19)12-22-20(21-4)23-13-18-14-24-7-9-25(18)10-8-24/h5-6,11,15,18H,7-10,12-14H2,1-4H3,(H2,21,22,23). The minimum atomic E-state index is 0.166. The number of hydrogen-bond donors (Lipinski definition) is 2. The van der Waals surface area contributed by atoms with E-state index in [4.69, 9.17) is 4.74 Å². The van der Waals surface area contributed by atoms with Crippen LogP contribution in [0.5, 0.6) is 5.75 Å². The van der Waals surface area contributed by atoms with Crippen molar-refractivity contribution in [2.75, 3.05) is 46.3 Å². The van der Waals surface area contributed by atoms with Crippen LogP contribution in [0, 0.1) is 6.92 Å². The van der Waals surface area contributed by atoms with E-state index in [-0.39, 0.29) is 6.10 Å². The van der Waals surface area contributed by atoms with Gasteiger partial charge in [-0.1, -0.05) is 12.1 Å². The number of ether oxygens (including phenoxy) is 1. The van der Waals surface area contributed by atoms with Gasteiger partial charge in [-0.25, -0.2) is 0 Å². The van der Waals surface area contributed by atoms with Crippen LogP contribution in [0.2, 0.25) is 0 Å². The van der Waals surface area contributed by atoms with Crippen molar-refractivity contribution in [2.45, 2.75) is 39.5 Å². The van der Waals surface area contributed by atoms with Crippen molar-refractivity contribution in [2.24, 2.45) is 4.99 Å². The summed E-state index contributed by atoms with van der Waals surface area (Å²) in [6.45, 7) is 13.8. The summed E-state index contributed by atoms with van der Waals surface area (Å²) in [6.07, 6.45) is 0.166. The van der Waals surface area contributed by atoms with Crippen LogP contribution in [0.25, 0.3) is 0 Å². The molecule has 2 N–H and O–H groups in total. The third-order valence-corrected chi connectivity index (χ3v) is 5.15. The van der Waals surface area contributed by atoms with E-state index in [0.29, 0.717) is 12.6 Å². The number of aliphatic imine (C=N–C) groups is 1. The molecule has 1 unspecified atom stereocenters. The second-order valence-corrected chi connectivity index (χ2v) is 7.57. The predicted molar refractivity (Wildman–Crippen MR) is 107 cm³/mol. The largest absolute Gasteiger partial charge is 0.491 e. The van der Waals surface area contributed by atoms with Crippen LogP contribution in [0.4, 0.5) is 0 Å². The highest BCUT2D eigenvalue weighted by atomic mass is 16.5. The fraction of sp³-hybridized carbons (Fsp3) is 0.650. The van der Waals surface area contributed by atoms with E-state index in [1.165, 1.54) is 31.7 Å². The smallest absolute Gasteiger partial charge is 0.191 e. The molecular formula is C20H33N5O. The Morgan fingerprint density at radius 1 is 1.23 bits per heavy atom. The maximum absolute atomic E-state index is 5.97. The number of fused-ring (bicyclic) bond motifs is 3. The zero-order valence-corrected chi connectivity index (χ0v) is 16.6. The number of rotatable bonds is 6. The molecule has 3 fully saturated rings. The van der Waals surface area contributed by atoms with Crippen molar-refractivity contribution < 1.29 is 4.74 Å². The van der Waals surface area contributed by atoms with E-state index in [9.17, 15) is 0 Å². The molecule has 1 atom stereocenters. The lowest BCUT2D eigenvalue weighted by atomic mass is 10.1. The summed E-state index contributed by atoms with van der Waals surface area (Å²) >= 11 is 0. The summed E-state index contributed by atoms with van der Waals surface area (Å²) in [4.78, 5) is 9.53. The van der Waals surface area contributed by atoms with Crippen LogP contribution in [-0.2, 0) is 6.54 Å². The molecule has 0 amide bonds. The van der Waals surface area contributed by atoms with Gasteiger partial charge in [0, 0.05) is 64.5 Å². The van der Waals surface area contributed by atoms with E-state index in [0.717, 1.165) is 30.4 Å². The normalized spacial score (nSPS) is 25.4. The molecule has 3 aliphatic rings. The number of piperazine rings is 3. The van der Waals surface area contributed by atoms with Crippen molar-refractivity contribution in [3.8, 4) is 5.75 Å². The highest BCUT2D eigenvalue weighted by Gasteiger charge is 2.31. The van der Waals surface area contributed by atoms with Crippen molar-refractivity contribution in [1.29, 1.82) is 0 Å². The van der Waals surface area contributed by atoms with Crippen molar-refractivity contribution in [1.82, 2.24) is 20.4 Å². The Labute approximate surface area is 157 Å². The van der Waals surface area contributed by atoms with E-state index in [1.54, 1.807) is 0 Å². The Kier molecular flexibility index (Phi) is 6.38. The fourth-order valence-corrected chi connectivity index (χ4v) is 3.70. The number of aryl methyl sites for hydroxylation is 1. The van der Waals surface area contributed by atoms with Crippen molar-refractivity contribution >= 4 is 5.96 Å². The predicted octanol–water partition coefficient (Wildman–Crippen LogP) is 1.45. The first-order chi connectivity index (χ1) is 12.5. The molecule has 1 aromatic rings. The summed E-state index contributed by atoms with van der Waals surface area (Å²) in [7, 11) is 1.83. The van der Waals surface area contributed by atoms with Gasteiger partial charge >= 0.3 is 0 Å². The molecular weight excluding hydrogens is 326 g/mol. The Hall–Kier alpha value is -1.79. The molecule has 0 aliphatic carbocycles. The molecule has 0 saturated carbocycles. The van der Waals surface area contributed by atoms with Gasteiger partial charge in [0.05, 0.1) is 6.10 Å². The first-order valence-electron chi connectivity index (χ1n) is 9.72. The maximum Gasteiger partial charge on any atom is 0.191 e. The summed E-state index contributed by atoms with van der Waals surface area (Å²) in [5, 5.41) is 6.92. The van der Waals surface area contributed by atoms with Gasteiger partial charge in [0.25, 0.3) is 0 Å². The molecule has 3 saturated heterocycles. The van der Waals surface area contributed by atoms with Crippen LogP contribution in [0.15, 0.2) is 23.2 Å². The molecule has 0 radical (unpaired) electrons. The van der Waals surface area contributed by atoms with Crippen LogP contribution in [0.3, 0.4) is 0 Å². The number of guanidine groups is 1. The topological polar surface area (TPSA) is 52.1 Å². The lowest BCUT2D eigenvalue weighted by Gasteiger charge is -2.47. The molecule has 3 aliphatic heterocycles. The molecule has 0 aromatic heterocycles. The Morgan fingerprint density at radius 3 is 2.62 bits per heavy atom. The van der Waals surface area contributed by atoms with Gasteiger partial charge in [0.15, 0.2) is 5.96 Å². The quantitative estimate of drug-likeness (QED) is 0.595. The van der Waals surface area contributed by atoms with Crippen molar-refractivity contribution in [3.63, 3.8) is 0 Å². The lowest BCUT2D eigenvalue weighted by molar-refractivity contribution is 0.0154. The van der Waals surface area contributed by atoms with Gasteiger partial charge in [-0.2, -0.15) is 0 Å². The zero-order chi connectivity index (χ0) is 18.5. The van der Waals surface area contributed by atoms with Gasteiger partial charge in [-0.05, 0) is 32.4 Å². The molecule has 0 spiro atoms. The van der Waals surface area contributed by atoms with Crippen LogP contribution in [0.1, 0.15) is 25.0 Å². The molecule has 6 nitrogen and oxygen atoms in total. The van der Waals surface area contributed by atoms with E-state index < -0.39 is 0 Å². The molecule has 4 rings (SSSR count). The SMILES string of the molecule is CN=C(NCc1ccc(C)cc1OC(C)C)NCC1CN2CCN1CC2. The Morgan fingerprint density at radius 2 is 2.00 bits per heavy atom. The second-order valence-electron chi connectivity index (χ2n) is 7.57. The maximum atomic E-state index is 5.97. The summed E-state index contributed by atoms with van der Waals surface area (Å²) < 4.78 is 5.97. The van der Waals surface area contributed by atoms with Crippen molar-refractivity contribution in [3.05, 3.63) is 29.3 Å². The first-order valence-corrected chi connectivity index (χ1v) is 9.72. The fourth-order valence-electron chi connectivity index (χ4n) is 3.70. The summed E-state index contributed by atoms with van der Waals surface area (Å²) in [6, 6.07) is 6.94. The van der Waals surface area contributed by atoms with Crippen LogP contribution >= 0.6 is 0 Å². The van der Waals surface area contributed by atoms with E-state index in [2.05, 4.69) is 64.4 Å². The highest BCUT2D eigenvalue weighted by Crippen LogP contribution is 2.21. The minimum absolute atomic E-state index is 0.166. The minimum Gasteiger partial charge on any atom is -0.491 e. The average molecular weight is 360 g/mol. The lowest BCUT2D eigenvalue weighted by Crippen LogP contribution is -2.63. The molecule has 144 valence electrons. The monoisotopic (exact) mass is 359 g/mol. The third-order valence-electron chi connectivity index (χ3n) is 5.15. The van der Waals surface area contributed by atoms with Gasteiger partial charge in [0.1, 0.15) is 5.75 Å². The molecule has 26 heavy (non-hydrogen) atoms. The second kappa shape index (κ2) is 8.73. The number of nitrogens with one attached hydrogen (secondary N) is 2. The van der Waals surface area contributed by atoms with E-state index in [1.807, 2.05) is 7.05 Å². The third kappa shape index (κ3) is 4.89. The highest BCUT2D eigenvalue weighted by molar-refractivity contribution is 5.79. The van der Waals surface area contributed by atoms with Crippen LogP contribution in [-0.4, -0.2) is 74.2 Å². The van der Waals surface area contributed by atoms with E-state index >= 15 is 0 Å². The van der Waals surface area contributed by atoms with Gasteiger partial charge in [0.2, 0.25) is 0 Å². The molecule has 1 aromatic carbocycles. The molecule has 3 heterocycles. The van der Waals surface area contributed by atoms with Gasteiger partial charge in [-0.3, -0.25) is 14.8 Å². The van der Waals surface area contributed by atoms with Crippen LogP contribution < -0.4 is 15.4 Å². The zero-order valence-electron chi connectivity index (χ0n) is 16.6. The number of nitrogens with zero attached hydrogens (tertiary/aromatic N) is 3. The Bertz CT molecular complexity index is 623. The Balaban J connectivity index is 1.53. The molecule has 2 bridgehead atoms. The van der Waals surface area contributed by atoms with Gasteiger partial charge < -0.3 is 15.4 Å². The average Bonchev–Trinajstić information content (AvgIpc) is 2.64. The van der Waals surface area contributed by atoms with Gasteiger partial charge in [-0.15, -0.1) is 0 Å². The summed E-state index contributed by atoms with van der Waals surface area (Å²) in [5.41, 5.74) is 2.36.